The predicted molar refractivity (Wildman–Crippen MR) is 162 cm³/mol. The number of nitrogens with zero attached hydrogens (tertiary/aromatic N) is 6. The zero-order chi connectivity index (χ0) is 27.8. The fourth-order valence-corrected chi connectivity index (χ4v) is 7.35. The van der Waals surface area contributed by atoms with E-state index in [1.165, 1.54) is 50.1 Å². The number of ether oxygens (including phenoxy) is 1. The maximum Gasteiger partial charge on any atom is 0.158 e. The molecule has 41 heavy (non-hydrogen) atoms. The summed E-state index contributed by atoms with van der Waals surface area (Å²) in [7, 11) is 1.73. The summed E-state index contributed by atoms with van der Waals surface area (Å²) < 4.78 is 5.83. The highest BCUT2D eigenvalue weighted by Gasteiger charge is 2.45. The maximum atomic E-state index is 5.98. The van der Waals surface area contributed by atoms with Crippen molar-refractivity contribution in [1.29, 1.82) is 0 Å². The molecule has 3 aromatic rings. The number of likely N-dealkylation sites (N-methyl/N-ethyl adjacent to an activating group) is 1. The molecular weight excluding hydrogens is 514 g/mol. The smallest absolute Gasteiger partial charge is 0.158 e. The van der Waals surface area contributed by atoms with Crippen molar-refractivity contribution in [2.75, 3.05) is 61.7 Å². The molecule has 1 N–H and O–H groups in total. The minimum absolute atomic E-state index is 0.128. The molecule has 6 heterocycles. The summed E-state index contributed by atoms with van der Waals surface area (Å²) in [6.07, 6.45) is 6.35. The molecule has 2 bridgehead atoms. The van der Waals surface area contributed by atoms with Crippen LogP contribution in [0.3, 0.4) is 0 Å². The highest BCUT2D eigenvalue weighted by Crippen LogP contribution is 2.38. The number of anilines is 4. The topological polar surface area (TPSA) is 69.2 Å². The van der Waals surface area contributed by atoms with Crippen LogP contribution in [0.1, 0.15) is 44.2 Å². The second kappa shape index (κ2) is 11.5. The quantitative estimate of drug-likeness (QED) is 0.420. The summed E-state index contributed by atoms with van der Waals surface area (Å²) in [6, 6.07) is 21.2. The van der Waals surface area contributed by atoms with Crippen LogP contribution >= 0.6 is 0 Å². The summed E-state index contributed by atoms with van der Waals surface area (Å²) in [4.78, 5) is 23.0. The maximum absolute atomic E-state index is 5.98. The molecule has 0 aliphatic carbocycles. The SMILES string of the molecule is CCN1C2CC1CN(C1CCN(c3ccc(Nc4cc(N5OCCC5c5ccccc5)ncn4)c(OC)c3)CC1)C2. The largest absolute Gasteiger partial charge is 0.494 e. The van der Waals surface area contributed by atoms with Crippen molar-refractivity contribution in [2.24, 2.45) is 0 Å². The lowest BCUT2D eigenvalue weighted by Crippen LogP contribution is -2.70. The normalized spacial score (nSPS) is 25.3. The van der Waals surface area contributed by atoms with Gasteiger partial charge in [-0.3, -0.25) is 14.6 Å². The lowest BCUT2D eigenvalue weighted by molar-refractivity contribution is -0.0812. The lowest BCUT2D eigenvalue weighted by Gasteiger charge is -2.58. The molecule has 8 rings (SSSR count). The van der Waals surface area contributed by atoms with Crippen LogP contribution in [0.2, 0.25) is 0 Å². The third-order valence-electron chi connectivity index (χ3n) is 9.50. The molecule has 1 aromatic heterocycles. The minimum Gasteiger partial charge on any atom is -0.494 e. The number of hydrogen-bond donors (Lipinski definition) is 1. The van der Waals surface area contributed by atoms with Crippen LogP contribution < -0.4 is 20.0 Å². The molecule has 2 aromatic carbocycles. The van der Waals surface area contributed by atoms with E-state index < -0.39 is 0 Å². The van der Waals surface area contributed by atoms with E-state index in [-0.39, 0.29) is 6.04 Å². The number of piperidine rings is 2. The molecule has 9 nitrogen and oxygen atoms in total. The van der Waals surface area contributed by atoms with Crippen molar-refractivity contribution >= 4 is 23.0 Å². The van der Waals surface area contributed by atoms with Crippen LogP contribution in [-0.4, -0.2) is 84.3 Å². The van der Waals surface area contributed by atoms with Gasteiger partial charge in [0.15, 0.2) is 5.82 Å². The van der Waals surface area contributed by atoms with Crippen LogP contribution in [0.15, 0.2) is 60.9 Å². The average molecular weight is 556 g/mol. The van der Waals surface area contributed by atoms with Gasteiger partial charge in [-0.25, -0.2) is 15.0 Å². The van der Waals surface area contributed by atoms with E-state index in [0.717, 1.165) is 48.8 Å². The van der Waals surface area contributed by atoms with Crippen LogP contribution in [0.5, 0.6) is 5.75 Å². The van der Waals surface area contributed by atoms with Gasteiger partial charge in [-0.1, -0.05) is 37.3 Å². The van der Waals surface area contributed by atoms with E-state index in [0.29, 0.717) is 18.5 Å². The number of hydrogen-bond acceptors (Lipinski definition) is 9. The van der Waals surface area contributed by atoms with Gasteiger partial charge in [0, 0.05) is 68.5 Å². The van der Waals surface area contributed by atoms with Crippen LogP contribution in [0.25, 0.3) is 0 Å². The molecule has 0 spiro atoms. The standard InChI is InChI=1S/C32H41N7O2/c1-3-38-26-17-27(38)21-37(20-26)24-11-14-36(15-12-24)25-9-10-28(30(18-25)40-2)35-31-19-32(34-22-33-31)39-29(13-16-41-39)23-7-5-4-6-8-23/h4-10,18-19,22,24,26-27,29H,3,11-17,20-21H2,1-2H3,(H,33,34,35). The first-order chi connectivity index (χ1) is 20.2. The Morgan fingerprint density at radius 2 is 1.76 bits per heavy atom. The van der Waals surface area contributed by atoms with Crippen LogP contribution in [0.4, 0.5) is 23.0 Å². The summed E-state index contributed by atoms with van der Waals surface area (Å²) in [5.74, 6) is 2.24. The fourth-order valence-electron chi connectivity index (χ4n) is 7.35. The lowest BCUT2D eigenvalue weighted by atomic mass is 9.85. The van der Waals surface area contributed by atoms with E-state index in [1.54, 1.807) is 13.4 Å². The number of rotatable bonds is 8. The first kappa shape index (κ1) is 26.5. The van der Waals surface area contributed by atoms with Crippen LogP contribution in [-0.2, 0) is 4.84 Å². The molecule has 5 aliphatic rings. The van der Waals surface area contributed by atoms with Crippen LogP contribution in [0, 0.1) is 0 Å². The molecule has 3 atom stereocenters. The molecule has 0 radical (unpaired) electrons. The van der Waals surface area contributed by atoms with Crippen molar-refractivity contribution < 1.29 is 9.57 Å². The Morgan fingerprint density at radius 3 is 2.51 bits per heavy atom. The van der Waals surface area contributed by atoms with Crippen molar-refractivity contribution in [3.8, 4) is 5.75 Å². The molecule has 0 amide bonds. The Kier molecular flexibility index (Phi) is 7.41. The third kappa shape index (κ3) is 5.22. The van der Waals surface area contributed by atoms with E-state index in [1.807, 2.05) is 17.2 Å². The van der Waals surface area contributed by atoms with Gasteiger partial charge in [0.2, 0.25) is 0 Å². The average Bonchev–Trinajstić information content (AvgIpc) is 3.53. The zero-order valence-electron chi connectivity index (χ0n) is 24.2. The number of piperazine rings is 1. The Hall–Kier alpha value is -3.40. The first-order valence-electron chi connectivity index (χ1n) is 15.2. The Bertz CT molecular complexity index is 1320. The summed E-state index contributed by atoms with van der Waals surface area (Å²) >= 11 is 0. The molecule has 5 fully saturated rings. The number of hydroxylamine groups is 1. The summed E-state index contributed by atoms with van der Waals surface area (Å²) in [6.45, 7) is 8.84. The molecule has 0 saturated carbocycles. The predicted octanol–water partition coefficient (Wildman–Crippen LogP) is 4.86. The van der Waals surface area contributed by atoms with Gasteiger partial charge in [-0.15, -0.1) is 0 Å². The third-order valence-corrected chi connectivity index (χ3v) is 9.50. The van der Waals surface area contributed by atoms with E-state index in [9.17, 15) is 0 Å². The van der Waals surface area contributed by atoms with Crippen molar-refractivity contribution in [2.45, 2.75) is 56.8 Å². The van der Waals surface area contributed by atoms with E-state index in [2.05, 4.69) is 79.4 Å². The first-order valence-corrected chi connectivity index (χ1v) is 15.2. The summed E-state index contributed by atoms with van der Waals surface area (Å²) in [5.41, 5.74) is 3.31. The molecule has 5 aliphatic heterocycles. The van der Waals surface area contributed by atoms with Gasteiger partial charge in [-0.05, 0) is 43.5 Å². The molecule has 5 saturated heterocycles. The number of nitrogens with one attached hydrogen (secondary N) is 1. The Balaban J connectivity index is 0.998. The van der Waals surface area contributed by atoms with E-state index in [4.69, 9.17) is 9.57 Å². The van der Waals surface area contributed by atoms with Gasteiger partial charge in [0.25, 0.3) is 0 Å². The number of methoxy groups -OCH3 is 1. The molecule has 216 valence electrons. The van der Waals surface area contributed by atoms with Gasteiger partial charge in [-0.2, -0.15) is 0 Å². The molecular formula is C32H41N7O2. The fraction of sp³-hybridized carbons (Fsp3) is 0.500. The van der Waals surface area contributed by atoms with Gasteiger partial charge in [0.05, 0.1) is 25.4 Å². The number of benzene rings is 2. The Morgan fingerprint density at radius 1 is 0.951 bits per heavy atom. The van der Waals surface area contributed by atoms with Gasteiger partial charge in [0.1, 0.15) is 17.9 Å². The van der Waals surface area contributed by atoms with E-state index >= 15 is 0 Å². The van der Waals surface area contributed by atoms with Crippen molar-refractivity contribution in [1.82, 2.24) is 19.8 Å². The number of aromatic nitrogens is 2. The highest BCUT2D eigenvalue weighted by molar-refractivity contribution is 5.70. The summed E-state index contributed by atoms with van der Waals surface area (Å²) in [5, 5.41) is 5.35. The van der Waals surface area contributed by atoms with Gasteiger partial charge < -0.3 is 15.0 Å². The zero-order valence-corrected chi connectivity index (χ0v) is 24.2. The minimum atomic E-state index is 0.128. The van der Waals surface area contributed by atoms with Gasteiger partial charge >= 0.3 is 0 Å². The monoisotopic (exact) mass is 555 g/mol. The highest BCUT2D eigenvalue weighted by atomic mass is 16.7. The Labute approximate surface area is 243 Å². The molecule has 3 unspecified atom stereocenters. The molecule has 9 heteroatoms. The number of fused-ring (bicyclic) bond motifs is 2. The van der Waals surface area contributed by atoms with Crippen molar-refractivity contribution in [3.05, 3.63) is 66.5 Å². The van der Waals surface area contributed by atoms with Crippen molar-refractivity contribution in [3.63, 3.8) is 0 Å². The second-order valence-corrected chi connectivity index (χ2v) is 11.7. The second-order valence-electron chi connectivity index (χ2n) is 11.7.